The lowest BCUT2D eigenvalue weighted by molar-refractivity contribution is 0.0527. The molecule has 1 aromatic heterocycles. The first-order chi connectivity index (χ1) is 15.1. The summed E-state index contributed by atoms with van der Waals surface area (Å²) in [7, 11) is 0. The van der Waals surface area contributed by atoms with Crippen molar-refractivity contribution >= 4 is 28.5 Å². The summed E-state index contributed by atoms with van der Waals surface area (Å²) in [6.45, 7) is 3.68. The van der Waals surface area contributed by atoms with Crippen LogP contribution in [0.1, 0.15) is 45.5 Å². The van der Waals surface area contributed by atoms with Crippen LogP contribution in [0.25, 0.3) is 10.9 Å². The van der Waals surface area contributed by atoms with Crippen molar-refractivity contribution in [2.45, 2.75) is 25.3 Å². The number of piperidine rings is 1. The maximum Gasteiger partial charge on any atom is 0.341 e. The van der Waals surface area contributed by atoms with Crippen molar-refractivity contribution in [1.29, 1.82) is 0 Å². The highest BCUT2D eigenvalue weighted by atomic mass is 16.5. The third kappa shape index (κ3) is 4.22. The molecule has 0 radical (unpaired) electrons. The Morgan fingerprint density at radius 3 is 2.71 bits per heavy atom. The van der Waals surface area contributed by atoms with Gasteiger partial charge in [0.1, 0.15) is 5.56 Å². The zero-order valence-corrected chi connectivity index (χ0v) is 17.4. The topological polar surface area (TPSA) is 106 Å². The summed E-state index contributed by atoms with van der Waals surface area (Å²) in [5, 5.41) is 7.69. The van der Waals surface area contributed by atoms with Gasteiger partial charge in [-0.25, -0.2) is 4.79 Å². The Morgan fingerprint density at radius 2 is 1.97 bits per heavy atom. The molecule has 31 heavy (non-hydrogen) atoms. The second-order valence-corrected chi connectivity index (χ2v) is 7.59. The van der Waals surface area contributed by atoms with Crippen LogP contribution in [0.5, 0.6) is 0 Å². The molecule has 4 N–H and O–H groups in total. The first-order valence-corrected chi connectivity index (χ1v) is 10.5. The lowest BCUT2D eigenvalue weighted by Crippen LogP contribution is -2.44. The normalized spacial score (nSPS) is 18.5. The highest BCUT2D eigenvalue weighted by Crippen LogP contribution is 2.33. The molecule has 2 atom stereocenters. The SMILES string of the molecule is CCOC(=O)c1cnc2c(C(N)=O)cccc2c1NC1CNCCC1c1ccccc1. The van der Waals surface area contributed by atoms with Gasteiger partial charge in [-0.1, -0.05) is 42.5 Å². The van der Waals surface area contributed by atoms with Crippen LogP contribution in [0.2, 0.25) is 0 Å². The lowest BCUT2D eigenvalue weighted by Gasteiger charge is -2.34. The van der Waals surface area contributed by atoms with Gasteiger partial charge >= 0.3 is 5.97 Å². The minimum absolute atomic E-state index is 0.0344. The Kier molecular flexibility index (Phi) is 6.13. The number of para-hydroxylation sites is 1. The predicted octanol–water partition coefficient (Wildman–Crippen LogP) is 3.07. The fourth-order valence-electron chi connectivity index (χ4n) is 4.24. The number of esters is 1. The number of hydrogen-bond acceptors (Lipinski definition) is 6. The Balaban J connectivity index is 1.82. The summed E-state index contributed by atoms with van der Waals surface area (Å²) in [6, 6.07) is 15.6. The van der Waals surface area contributed by atoms with E-state index in [4.69, 9.17) is 10.5 Å². The van der Waals surface area contributed by atoms with Crippen LogP contribution in [0.4, 0.5) is 5.69 Å². The van der Waals surface area contributed by atoms with Crippen molar-refractivity contribution in [3.8, 4) is 0 Å². The molecular weight excluding hydrogens is 392 g/mol. The first kappa shape index (κ1) is 20.8. The Morgan fingerprint density at radius 1 is 1.16 bits per heavy atom. The maximum atomic E-state index is 12.7. The van der Waals surface area contributed by atoms with Crippen LogP contribution in [0.15, 0.2) is 54.7 Å². The fourth-order valence-corrected chi connectivity index (χ4v) is 4.24. The second kappa shape index (κ2) is 9.14. The number of benzene rings is 2. The van der Waals surface area contributed by atoms with Crippen LogP contribution >= 0.6 is 0 Å². The fraction of sp³-hybridized carbons (Fsp3) is 0.292. The first-order valence-electron chi connectivity index (χ1n) is 10.5. The molecule has 1 saturated heterocycles. The van der Waals surface area contributed by atoms with Gasteiger partial charge < -0.3 is 21.1 Å². The van der Waals surface area contributed by atoms with Crippen molar-refractivity contribution in [3.63, 3.8) is 0 Å². The number of nitrogens with two attached hydrogens (primary N) is 1. The number of rotatable bonds is 6. The predicted molar refractivity (Wildman–Crippen MR) is 120 cm³/mol. The van der Waals surface area contributed by atoms with Crippen LogP contribution in [-0.4, -0.2) is 42.6 Å². The standard InChI is InChI=1S/C24H26N4O3/c1-2-31-24(30)19-13-27-21-17(9-6-10-18(21)23(25)29)22(19)28-20-14-26-12-11-16(20)15-7-4-3-5-8-15/h3-10,13,16,20,26H,2,11-12,14H2,1H3,(H2,25,29)(H,27,28). The molecule has 4 rings (SSSR count). The van der Waals surface area contributed by atoms with Gasteiger partial charge in [-0.3, -0.25) is 9.78 Å². The number of carbonyl (C=O) groups is 2. The Hall–Kier alpha value is -3.45. The number of nitrogens with one attached hydrogen (secondary N) is 2. The highest BCUT2D eigenvalue weighted by molar-refractivity contribution is 6.11. The number of hydrogen-bond donors (Lipinski definition) is 3. The Bertz CT molecular complexity index is 1100. The molecule has 7 heteroatoms. The summed E-state index contributed by atoms with van der Waals surface area (Å²) in [5.41, 5.74) is 8.54. The van der Waals surface area contributed by atoms with E-state index in [0.717, 1.165) is 19.5 Å². The number of anilines is 1. The lowest BCUT2D eigenvalue weighted by atomic mass is 9.85. The van der Waals surface area contributed by atoms with Gasteiger partial charge in [-0.2, -0.15) is 0 Å². The van der Waals surface area contributed by atoms with Crippen LogP contribution < -0.4 is 16.4 Å². The van der Waals surface area contributed by atoms with Crippen LogP contribution in [-0.2, 0) is 4.74 Å². The number of primary amides is 1. The molecule has 7 nitrogen and oxygen atoms in total. The van der Waals surface area contributed by atoms with Crippen molar-refractivity contribution in [2.75, 3.05) is 25.0 Å². The zero-order valence-electron chi connectivity index (χ0n) is 17.4. The van der Waals surface area contributed by atoms with Crippen molar-refractivity contribution in [2.24, 2.45) is 5.73 Å². The van der Waals surface area contributed by atoms with Crippen molar-refractivity contribution in [1.82, 2.24) is 10.3 Å². The molecule has 1 amide bonds. The smallest absolute Gasteiger partial charge is 0.341 e. The summed E-state index contributed by atoms with van der Waals surface area (Å²) in [5.74, 6) is -0.752. The van der Waals surface area contributed by atoms with Gasteiger partial charge in [-0.05, 0) is 31.5 Å². The molecule has 2 aromatic carbocycles. The van der Waals surface area contributed by atoms with E-state index in [2.05, 4.69) is 27.8 Å². The van der Waals surface area contributed by atoms with E-state index in [1.807, 2.05) is 24.3 Å². The summed E-state index contributed by atoms with van der Waals surface area (Å²) >= 11 is 0. The van der Waals surface area contributed by atoms with Crippen molar-refractivity contribution < 1.29 is 14.3 Å². The molecule has 1 fully saturated rings. The number of fused-ring (bicyclic) bond motifs is 1. The highest BCUT2D eigenvalue weighted by Gasteiger charge is 2.29. The molecule has 0 saturated carbocycles. The number of carbonyl (C=O) groups excluding carboxylic acids is 2. The van der Waals surface area contributed by atoms with E-state index < -0.39 is 11.9 Å². The average Bonchev–Trinajstić information content (AvgIpc) is 2.80. The molecule has 3 aromatic rings. The molecule has 2 unspecified atom stereocenters. The molecule has 0 spiro atoms. The summed E-state index contributed by atoms with van der Waals surface area (Å²) in [4.78, 5) is 29.0. The van der Waals surface area contributed by atoms with Crippen LogP contribution in [0.3, 0.4) is 0 Å². The molecular formula is C24H26N4O3. The van der Waals surface area contributed by atoms with E-state index in [1.54, 1.807) is 19.1 Å². The van der Waals surface area contributed by atoms with Crippen molar-refractivity contribution in [3.05, 3.63) is 71.4 Å². The van der Waals surface area contributed by atoms with Gasteiger partial charge in [0.05, 0.1) is 23.4 Å². The molecule has 160 valence electrons. The van der Waals surface area contributed by atoms with Crippen LogP contribution in [0, 0.1) is 0 Å². The van der Waals surface area contributed by atoms with Gasteiger partial charge in [0.2, 0.25) is 0 Å². The zero-order chi connectivity index (χ0) is 21.8. The number of ether oxygens (including phenoxy) is 1. The third-order valence-corrected chi connectivity index (χ3v) is 5.70. The van der Waals surface area contributed by atoms with Gasteiger partial charge in [-0.15, -0.1) is 0 Å². The number of nitrogens with zero attached hydrogens (tertiary/aromatic N) is 1. The maximum absolute atomic E-state index is 12.7. The van der Waals surface area contributed by atoms with E-state index in [1.165, 1.54) is 11.8 Å². The number of amides is 1. The van der Waals surface area contributed by atoms with E-state index >= 15 is 0 Å². The molecule has 0 bridgehead atoms. The molecule has 1 aliphatic heterocycles. The van der Waals surface area contributed by atoms with Gasteiger partial charge in [0, 0.05) is 30.1 Å². The van der Waals surface area contributed by atoms with E-state index in [0.29, 0.717) is 27.7 Å². The third-order valence-electron chi connectivity index (χ3n) is 5.70. The number of pyridine rings is 1. The molecule has 1 aliphatic rings. The molecule has 0 aliphatic carbocycles. The van der Waals surface area contributed by atoms with E-state index in [-0.39, 0.29) is 18.6 Å². The minimum Gasteiger partial charge on any atom is -0.462 e. The van der Waals surface area contributed by atoms with Gasteiger partial charge in [0.15, 0.2) is 0 Å². The monoisotopic (exact) mass is 418 g/mol. The van der Waals surface area contributed by atoms with Gasteiger partial charge in [0.25, 0.3) is 5.91 Å². The average molecular weight is 418 g/mol. The largest absolute Gasteiger partial charge is 0.462 e. The van der Waals surface area contributed by atoms with E-state index in [9.17, 15) is 9.59 Å². The second-order valence-electron chi connectivity index (χ2n) is 7.59. The molecule has 2 heterocycles. The minimum atomic E-state index is -0.561. The quantitative estimate of drug-likeness (QED) is 0.531. The summed E-state index contributed by atoms with van der Waals surface area (Å²) < 4.78 is 5.27. The Labute approximate surface area is 181 Å². The summed E-state index contributed by atoms with van der Waals surface area (Å²) in [6.07, 6.45) is 2.43. The number of aromatic nitrogens is 1.